The number of aromatic nitrogens is 1. The van der Waals surface area contributed by atoms with E-state index in [4.69, 9.17) is 4.74 Å². The SMILES string of the molecule is COC(=O)c1c(C)[nH]c(C(=O)CN2CCN(CCc3ccccc3)CC2)c1C. The van der Waals surface area contributed by atoms with Crippen LogP contribution in [-0.2, 0) is 11.2 Å². The lowest BCUT2D eigenvalue weighted by Crippen LogP contribution is -2.48. The highest BCUT2D eigenvalue weighted by molar-refractivity contribution is 6.02. The second-order valence-electron chi connectivity index (χ2n) is 7.39. The zero-order chi connectivity index (χ0) is 20.1. The molecule has 28 heavy (non-hydrogen) atoms. The van der Waals surface area contributed by atoms with Gasteiger partial charge in [-0.1, -0.05) is 30.3 Å². The van der Waals surface area contributed by atoms with Crippen LogP contribution in [0.4, 0.5) is 0 Å². The Hall–Kier alpha value is -2.44. The highest BCUT2D eigenvalue weighted by Crippen LogP contribution is 2.20. The molecule has 1 aliphatic heterocycles. The summed E-state index contributed by atoms with van der Waals surface area (Å²) in [5.74, 6) is -0.384. The number of benzene rings is 1. The van der Waals surface area contributed by atoms with E-state index in [1.54, 1.807) is 13.8 Å². The number of nitrogens with zero attached hydrogens (tertiary/aromatic N) is 2. The Kier molecular flexibility index (Phi) is 6.65. The minimum absolute atomic E-state index is 0.0217. The summed E-state index contributed by atoms with van der Waals surface area (Å²) in [4.78, 5) is 32.4. The predicted molar refractivity (Wildman–Crippen MR) is 109 cm³/mol. The van der Waals surface area contributed by atoms with E-state index in [-0.39, 0.29) is 5.78 Å². The lowest BCUT2D eigenvalue weighted by atomic mass is 10.1. The van der Waals surface area contributed by atoms with Crippen LogP contribution in [0.3, 0.4) is 0 Å². The minimum atomic E-state index is -0.405. The monoisotopic (exact) mass is 383 g/mol. The molecule has 6 heteroatoms. The predicted octanol–water partition coefficient (Wildman–Crippen LogP) is 2.46. The van der Waals surface area contributed by atoms with Gasteiger partial charge in [-0.2, -0.15) is 0 Å². The molecule has 0 bridgehead atoms. The average Bonchev–Trinajstić information content (AvgIpc) is 3.02. The molecule has 2 heterocycles. The largest absolute Gasteiger partial charge is 0.465 e. The molecular formula is C22H29N3O3. The summed E-state index contributed by atoms with van der Waals surface area (Å²) in [6, 6.07) is 10.5. The van der Waals surface area contributed by atoms with Crippen LogP contribution >= 0.6 is 0 Å². The van der Waals surface area contributed by atoms with Crippen molar-refractivity contribution in [3.63, 3.8) is 0 Å². The molecule has 1 aromatic carbocycles. The molecule has 0 unspecified atom stereocenters. The van der Waals surface area contributed by atoms with Crippen LogP contribution in [0.1, 0.15) is 37.7 Å². The van der Waals surface area contributed by atoms with Gasteiger partial charge in [0.25, 0.3) is 0 Å². The number of nitrogens with one attached hydrogen (secondary N) is 1. The quantitative estimate of drug-likeness (QED) is 0.588. The molecule has 0 atom stereocenters. The molecule has 0 spiro atoms. The van der Waals surface area contributed by atoms with E-state index in [0.717, 1.165) is 39.1 Å². The van der Waals surface area contributed by atoms with Gasteiger partial charge in [0.2, 0.25) is 0 Å². The molecule has 0 saturated carbocycles. The normalized spacial score (nSPS) is 15.5. The topological polar surface area (TPSA) is 65.6 Å². The van der Waals surface area contributed by atoms with E-state index in [1.165, 1.54) is 12.7 Å². The molecular weight excluding hydrogens is 354 g/mol. The van der Waals surface area contributed by atoms with Gasteiger partial charge in [0, 0.05) is 38.4 Å². The molecule has 1 N–H and O–H groups in total. The first-order valence-electron chi connectivity index (χ1n) is 9.79. The van der Waals surface area contributed by atoms with Gasteiger partial charge < -0.3 is 14.6 Å². The maximum absolute atomic E-state index is 12.8. The molecule has 1 aliphatic rings. The van der Waals surface area contributed by atoms with E-state index >= 15 is 0 Å². The summed E-state index contributed by atoms with van der Waals surface area (Å²) >= 11 is 0. The molecule has 0 aliphatic carbocycles. The Morgan fingerprint density at radius 3 is 2.32 bits per heavy atom. The Bertz CT molecular complexity index is 821. The van der Waals surface area contributed by atoms with Crippen molar-refractivity contribution in [3.05, 3.63) is 58.4 Å². The number of carbonyl (C=O) groups is 2. The molecule has 1 saturated heterocycles. The third kappa shape index (κ3) is 4.69. The third-order valence-corrected chi connectivity index (χ3v) is 5.50. The van der Waals surface area contributed by atoms with Crippen LogP contribution in [0, 0.1) is 13.8 Å². The maximum atomic E-state index is 12.8. The molecule has 1 aromatic heterocycles. The molecule has 2 aromatic rings. The van der Waals surface area contributed by atoms with E-state index in [2.05, 4.69) is 39.0 Å². The number of hydrogen-bond donors (Lipinski definition) is 1. The molecule has 0 amide bonds. The Labute approximate surface area is 166 Å². The van der Waals surface area contributed by atoms with Crippen molar-refractivity contribution in [3.8, 4) is 0 Å². The summed E-state index contributed by atoms with van der Waals surface area (Å²) < 4.78 is 4.82. The van der Waals surface area contributed by atoms with Crippen LogP contribution in [0.5, 0.6) is 0 Å². The summed E-state index contributed by atoms with van der Waals surface area (Å²) in [7, 11) is 1.35. The van der Waals surface area contributed by atoms with Crippen molar-refractivity contribution in [2.24, 2.45) is 0 Å². The summed E-state index contributed by atoms with van der Waals surface area (Å²) in [6.45, 7) is 8.70. The maximum Gasteiger partial charge on any atom is 0.339 e. The lowest BCUT2D eigenvalue weighted by Gasteiger charge is -2.34. The number of esters is 1. The number of methoxy groups -OCH3 is 1. The number of carbonyl (C=O) groups excluding carboxylic acids is 2. The third-order valence-electron chi connectivity index (χ3n) is 5.50. The smallest absolute Gasteiger partial charge is 0.339 e. The first-order valence-corrected chi connectivity index (χ1v) is 9.79. The van der Waals surface area contributed by atoms with Gasteiger partial charge in [-0.3, -0.25) is 9.69 Å². The molecule has 3 rings (SSSR count). The summed E-state index contributed by atoms with van der Waals surface area (Å²) in [6.07, 6.45) is 1.05. The number of H-pyrrole nitrogens is 1. The van der Waals surface area contributed by atoms with Crippen LogP contribution in [0.15, 0.2) is 30.3 Å². The first kappa shape index (κ1) is 20.3. The van der Waals surface area contributed by atoms with E-state index in [1.807, 2.05) is 6.07 Å². The second-order valence-corrected chi connectivity index (χ2v) is 7.39. The standard InChI is InChI=1S/C22H29N3O3/c1-16-20(22(27)28-3)17(2)23-21(16)19(26)15-25-13-11-24(12-14-25)10-9-18-7-5-4-6-8-18/h4-8,23H,9-15H2,1-3H3. The highest BCUT2D eigenvalue weighted by Gasteiger charge is 2.25. The van der Waals surface area contributed by atoms with E-state index in [9.17, 15) is 9.59 Å². The highest BCUT2D eigenvalue weighted by atomic mass is 16.5. The van der Waals surface area contributed by atoms with Crippen LogP contribution < -0.4 is 0 Å². The van der Waals surface area contributed by atoms with Gasteiger partial charge in [-0.05, 0) is 31.4 Å². The number of Topliss-reactive ketones (excluding diaryl/α,β-unsaturated/α-hetero) is 1. The summed E-state index contributed by atoms with van der Waals surface area (Å²) in [5, 5.41) is 0. The molecule has 6 nitrogen and oxygen atoms in total. The van der Waals surface area contributed by atoms with E-state index < -0.39 is 5.97 Å². The number of aryl methyl sites for hydroxylation is 1. The summed E-state index contributed by atoms with van der Waals surface area (Å²) in [5.41, 5.74) is 3.70. The minimum Gasteiger partial charge on any atom is -0.465 e. The van der Waals surface area contributed by atoms with Gasteiger partial charge in [0.15, 0.2) is 5.78 Å². The van der Waals surface area contributed by atoms with Gasteiger partial charge in [-0.25, -0.2) is 4.79 Å². The van der Waals surface area contributed by atoms with Gasteiger partial charge in [0.1, 0.15) is 0 Å². The fourth-order valence-electron chi connectivity index (χ4n) is 3.82. The fraction of sp³-hybridized carbons (Fsp3) is 0.455. The van der Waals surface area contributed by atoms with Crippen LogP contribution in [0.2, 0.25) is 0 Å². The van der Waals surface area contributed by atoms with Gasteiger partial charge in [-0.15, -0.1) is 0 Å². The van der Waals surface area contributed by atoms with Gasteiger partial charge in [0.05, 0.1) is 24.9 Å². The van der Waals surface area contributed by atoms with Crippen LogP contribution in [0.25, 0.3) is 0 Å². The molecule has 0 radical (unpaired) electrons. The Balaban J connectivity index is 1.51. The lowest BCUT2D eigenvalue weighted by molar-refractivity contribution is 0.0599. The van der Waals surface area contributed by atoms with E-state index in [0.29, 0.717) is 29.1 Å². The number of rotatable bonds is 7. The molecule has 1 fully saturated rings. The average molecular weight is 383 g/mol. The van der Waals surface area contributed by atoms with Crippen LogP contribution in [-0.4, -0.2) is 72.9 Å². The van der Waals surface area contributed by atoms with Crippen molar-refractivity contribution in [1.82, 2.24) is 14.8 Å². The number of piperazine rings is 1. The van der Waals surface area contributed by atoms with Crippen molar-refractivity contribution in [1.29, 1.82) is 0 Å². The van der Waals surface area contributed by atoms with Crippen molar-refractivity contribution in [2.75, 3.05) is 46.4 Å². The molecule has 150 valence electrons. The fourth-order valence-corrected chi connectivity index (χ4v) is 3.82. The van der Waals surface area contributed by atoms with Crippen molar-refractivity contribution >= 4 is 11.8 Å². The zero-order valence-corrected chi connectivity index (χ0v) is 17.0. The Morgan fingerprint density at radius 2 is 1.68 bits per heavy atom. The number of hydrogen-bond acceptors (Lipinski definition) is 5. The Morgan fingerprint density at radius 1 is 1.04 bits per heavy atom. The second kappa shape index (κ2) is 9.17. The number of aromatic amines is 1. The number of ether oxygens (including phenoxy) is 1. The van der Waals surface area contributed by atoms with Crippen molar-refractivity contribution in [2.45, 2.75) is 20.3 Å². The van der Waals surface area contributed by atoms with Gasteiger partial charge >= 0.3 is 5.97 Å². The number of ketones is 1. The first-order chi connectivity index (χ1) is 13.5. The van der Waals surface area contributed by atoms with Crippen molar-refractivity contribution < 1.29 is 14.3 Å². The zero-order valence-electron chi connectivity index (χ0n) is 17.0.